The first kappa shape index (κ1) is 42.9. The first-order valence-corrected chi connectivity index (χ1v) is 23.0. The van der Waals surface area contributed by atoms with Gasteiger partial charge in [0, 0.05) is 43.8 Å². The van der Waals surface area contributed by atoms with Crippen LogP contribution < -0.4 is 20.7 Å². The lowest BCUT2D eigenvalue weighted by Crippen LogP contribution is -2.54. The highest BCUT2D eigenvalue weighted by Crippen LogP contribution is 2.37. The normalized spacial score (nSPS) is 21.7. The summed E-state index contributed by atoms with van der Waals surface area (Å²) in [6, 6.07) is 22.3. The Hall–Kier alpha value is -7.01. The predicted molar refractivity (Wildman–Crippen MR) is 242 cm³/mol. The van der Waals surface area contributed by atoms with Crippen LogP contribution in [0.2, 0.25) is 0 Å². The van der Waals surface area contributed by atoms with Gasteiger partial charge < -0.3 is 29.7 Å². The number of carbonyl (C=O) groups is 6. The maximum Gasteiger partial charge on any atom is 0.266 e. The zero-order chi connectivity index (χ0) is 45.3. The van der Waals surface area contributed by atoms with Crippen molar-refractivity contribution < 1.29 is 33.5 Å². The number of rotatable bonds is 13. The number of amides is 6. The van der Waals surface area contributed by atoms with E-state index < -0.39 is 29.7 Å². The molecular weight excluding hydrogens is 841 g/mol. The first-order chi connectivity index (χ1) is 32.1. The number of imide groups is 2. The lowest BCUT2D eigenvalue weighted by molar-refractivity contribution is -0.136. The number of hydrogen-bond donors (Lipinski definition) is 3. The van der Waals surface area contributed by atoms with E-state index in [1.165, 1.54) is 11.6 Å². The third kappa shape index (κ3) is 8.86. The lowest BCUT2D eigenvalue weighted by Gasteiger charge is -2.37. The minimum absolute atomic E-state index is 0.0292. The largest absolute Gasteiger partial charge is 0.483 e. The molecule has 5 aliphatic rings. The molecule has 1 unspecified atom stereocenters. The van der Waals surface area contributed by atoms with E-state index in [0.717, 1.165) is 80.0 Å². The number of imidazole rings is 1. The molecule has 1 saturated carbocycles. The second-order valence-corrected chi connectivity index (χ2v) is 18.2. The summed E-state index contributed by atoms with van der Waals surface area (Å²) in [5.41, 5.74) is 4.89. The molecule has 340 valence electrons. The number of nitrogens with one attached hydrogen (secondary N) is 3. The van der Waals surface area contributed by atoms with E-state index in [1.54, 1.807) is 23.4 Å². The maximum absolute atomic E-state index is 13.4. The van der Waals surface area contributed by atoms with Crippen LogP contribution in [0.25, 0.3) is 11.2 Å². The number of carbonyl (C=O) groups excluding carboxylic acids is 6. The quantitative estimate of drug-likeness (QED) is 0.140. The van der Waals surface area contributed by atoms with Crippen molar-refractivity contribution in [3.05, 3.63) is 108 Å². The molecule has 0 radical (unpaired) electrons. The molecule has 3 aromatic carbocycles. The van der Waals surface area contributed by atoms with Crippen molar-refractivity contribution >= 4 is 58.1 Å². The van der Waals surface area contributed by atoms with E-state index in [4.69, 9.17) is 4.74 Å². The molecule has 17 nitrogen and oxygen atoms in total. The molecule has 0 bridgehead atoms. The molecule has 10 rings (SSSR count). The van der Waals surface area contributed by atoms with E-state index in [2.05, 4.69) is 64.6 Å². The molecule has 3 N–H and O–H groups in total. The Bertz CT molecular complexity index is 2670. The Morgan fingerprint density at radius 2 is 1.58 bits per heavy atom. The van der Waals surface area contributed by atoms with Crippen molar-refractivity contribution in [3.8, 4) is 5.75 Å². The molecule has 1 aliphatic carbocycles. The summed E-state index contributed by atoms with van der Waals surface area (Å²) in [6.45, 7) is 4.01. The van der Waals surface area contributed by atoms with Crippen LogP contribution in [0.5, 0.6) is 5.75 Å². The molecule has 2 aromatic heterocycles. The number of hydrogen-bond acceptors (Lipinski definition) is 12. The zero-order valence-electron chi connectivity index (χ0n) is 36.6. The van der Waals surface area contributed by atoms with Gasteiger partial charge in [0.05, 0.1) is 23.9 Å². The number of fused-ring (bicyclic) bond motifs is 2. The van der Waals surface area contributed by atoms with Gasteiger partial charge in [-0.05, 0) is 105 Å². The minimum atomic E-state index is -1.08. The number of piperidine rings is 3. The lowest BCUT2D eigenvalue weighted by atomic mass is 9.86. The Morgan fingerprint density at radius 3 is 2.33 bits per heavy atom. The summed E-state index contributed by atoms with van der Waals surface area (Å²) in [5.74, 6) is -0.818. The summed E-state index contributed by atoms with van der Waals surface area (Å²) in [6.07, 6.45) is 9.45. The van der Waals surface area contributed by atoms with Crippen molar-refractivity contribution in [3.63, 3.8) is 0 Å². The van der Waals surface area contributed by atoms with Crippen LogP contribution in [0.1, 0.15) is 95.2 Å². The second kappa shape index (κ2) is 18.5. The molecule has 66 heavy (non-hydrogen) atoms. The van der Waals surface area contributed by atoms with Crippen molar-refractivity contribution in [1.82, 2.24) is 44.9 Å². The van der Waals surface area contributed by atoms with Gasteiger partial charge in [-0.2, -0.15) is 0 Å². The number of anilines is 2. The Labute approximate surface area is 381 Å². The van der Waals surface area contributed by atoms with Crippen LogP contribution in [0, 0.1) is 5.92 Å². The number of ether oxygens (including phenoxy) is 1. The van der Waals surface area contributed by atoms with Gasteiger partial charge in [-0.25, -0.2) is 15.0 Å². The van der Waals surface area contributed by atoms with Crippen LogP contribution in [-0.4, -0.2) is 121 Å². The van der Waals surface area contributed by atoms with Crippen LogP contribution in [-0.2, 0) is 25.6 Å². The standard InChI is InChI=1S/C49H52N10O7/c60-40-14-13-38(47(63)55-40)59-48(64)37-7-4-8-39(43(37)49(59)65)66-27-42(62)57-21-15-31(16-22-57)26-56-19-17-33(18-20-56)32-9-11-34(12-10-32)54-45-44-46(51-28-50-45)58(29-52-44)36-24-35(25-36)53-41(61)23-30-5-2-1-3-6-30/h1-12,28-29,31,33,35-36,38H,13-27H2,(H,53,61)(H,50,51,54)(H,55,60,63). The molecule has 1 atom stereocenters. The van der Waals surface area contributed by atoms with E-state index in [9.17, 15) is 28.8 Å². The maximum atomic E-state index is 13.4. The first-order valence-electron chi connectivity index (χ1n) is 23.0. The second-order valence-electron chi connectivity index (χ2n) is 18.2. The highest BCUT2D eigenvalue weighted by Gasteiger charge is 2.46. The fraction of sp³-hybridized carbons (Fsp3) is 0.408. The average Bonchev–Trinajstić information content (AvgIpc) is 3.86. The van der Waals surface area contributed by atoms with E-state index in [1.807, 2.05) is 36.7 Å². The minimum Gasteiger partial charge on any atom is -0.483 e. The van der Waals surface area contributed by atoms with Crippen LogP contribution in [0.4, 0.5) is 11.5 Å². The van der Waals surface area contributed by atoms with E-state index in [0.29, 0.717) is 42.7 Å². The Balaban J connectivity index is 0.652. The van der Waals surface area contributed by atoms with Gasteiger partial charge in [0.15, 0.2) is 23.6 Å². The molecule has 17 heteroatoms. The monoisotopic (exact) mass is 892 g/mol. The summed E-state index contributed by atoms with van der Waals surface area (Å²) in [4.78, 5) is 95.6. The number of likely N-dealkylation sites (tertiary alicyclic amines) is 2. The third-order valence-electron chi connectivity index (χ3n) is 13.9. The number of benzene rings is 3. The SMILES string of the molecule is O=C1CCC(N2C(=O)c3cccc(OCC(=O)N4CCC(CN5CCC(c6ccc(Nc7ncnc8c7ncn8C7CC(NC(=O)Cc8ccccc8)C7)cc6)CC5)CC4)c3C2=O)C(=O)N1. The number of aromatic nitrogens is 4. The van der Waals surface area contributed by atoms with Gasteiger partial charge in [0.1, 0.15) is 18.1 Å². The van der Waals surface area contributed by atoms with Crippen LogP contribution in [0.3, 0.4) is 0 Å². The van der Waals surface area contributed by atoms with Crippen molar-refractivity contribution in [2.75, 3.05) is 44.6 Å². The zero-order valence-corrected chi connectivity index (χ0v) is 36.6. The summed E-state index contributed by atoms with van der Waals surface area (Å²) in [7, 11) is 0. The summed E-state index contributed by atoms with van der Waals surface area (Å²) in [5, 5.41) is 8.82. The molecule has 4 fully saturated rings. The summed E-state index contributed by atoms with van der Waals surface area (Å²) < 4.78 is 7.96. The van der Waals surface area contributed by atoms with Gasteiger partial charge in [-0.3, -0.25) is 39.0 Å². The van der Waals surface area contributed by atoms with E-state index >= 15 is 0 Å². The topological polar surface area (TPSA) is 201 Å². The van der Waals surface area contributed by atoms with Crippen LogP contribution in [0.15, 0.2) is 85.5 Å². The highest BCUT2D eigenvalue weighted by molar-refractivity contribution is 6.24. The van der Waals surface area contributed by atoms with Gasteiger partial charge in [0.2, 0.25) is 17.7 Å². The molecular formula is C49H52N10O7. The molecule has 5 aromatic rings. The van der Waals surface area contributed by atoms with Gasteiger partial charge >= 0.3 is 0 Å². The van der Waals surface area contributed by atoms with Gasteiger partial charge in [0.25, 0.3) is 17.7 Å². The average molecular weight is 893 g/mol. The van der Waals surface area contributed by atoms with Crippen molar-refractivity contribution in [1.29, 1.82) is 0 Å². The van der Waals surface area contributed by atoms with Gasteiger partial charge in [-0.15, -0.1) is 0 Å². The third-order valence-corrected chi connectivity index (χ3v) is 13.9. The highest BCUT2D eigenvalue weighted by atomic mass is 16.5. The smallest absolute Gasteiger partial charge is 0.266 e. The molecule has 3 saturated heterocycles. The van der Waals surface area contributed by atoms with E-state index in [-0.39, 0.29) is 60.2 Å². The van der Waals surface area contributed by atoms with Crippen molar-refractivity contribution in [2.45, 2.75) is 81.8 Å². The van der Waals surface area contributed by atoms with Gasteiger partial charge in [-0.1, -0.05) is 48.5 Å². The number of nitrogens with zero attached hydrogens (tertiary/aromatic N) is 7. The fourth-order valence-corrected chi connectivity index (χ4v) is 10.2. The molecule has 0 spiro atoms. The predicted octanol–water partition coefficient (Wildman–Crippen LogP) is 4.53. The summed E-state index contributed by atoms with van der Waals surface area (Å²) >= 11 is 0. The Morgan fingerprint density at radius 1 is 0.803 bits per heavy atom. The van der Waals surface area contributed by atoms with Crippen LogP contribution >= 0.6 is 0 Å². The fourth-order valence-electron chi connectivity index (χ4n) is 10.2. The molecule has 6 amide bonds. The Kier molecular flexibility index (Phi) is 12.0. The van der Waals surface area contributed by atoms with Crippen molar-refractivity contribution in [2.24, 2.45) is 5.92 Å². The molecule has 6 heterocycles. The molecule has 4 aliphatic heterocycles.